The summed E-state index contributed by atoms with van der Waals surface area (Å²) in [6, 6.07) is 52.8. The highest BCUT2D eigenvalue weighted by Gasteiger charge is 2.19. The van der Waals surface area contributed by atoms with Crippen molar-refractivity contribution in [3.63, 3.8) is 0 Å². The lowest BCUT2D eigenvalue weighted by molar-refractivity contribution is 0.669. The average Bonchev–Trinajstić information content (AvgIpc) is 3.86. The lowest BCUT2D eigenvalue weighted by atomic mass is 9.97. The molecule has 5 nitrogen and oxygen atoms in total. The first-order valence-corrected chi connectivity index (χ1v) is 18.4. The minimum Gasteiger partial charge on any atom is -0.456 e. The standard InChI is InChI=1S/C51H32N4O/c1-4-14-33(15-5-1)35-18-12-19-37(30-35)50-52-49(34-16-6-2-7-17-34)53-51(54-50)38-27-29-46-43(32-38)48-40(23-13-25-47(48)56-46)36-26-28-45-42(31-36)41-22-10-11-24-44(41)55(45)39-20-8-3-9-21-39/h1-32H/i1D,4D,5D,14D,15D. The van der Waals surface area contributed by atoms with Crippen molar-refractivity contribution in [1.82, 2.24) is 19.5 Å². The molecule has 0 amide bonds. The minimum atomic E-state index is -0.438. The summed E-state index contributed by atoms with van der Waals surface area (Å²) < 4.78 is 50.6. The molecule has 0 spiro atoms. The van der Waals surface area contributed by atoms with E-state index in [2.05, 4.69) is 83.4 Å². The van der Waals surface area contributed by atoms with E-state index in [-0.39, 0.29) is 17.6 Å². The summed E-state index contributed by atoms with van der Waals surface area (Å²) in [5, 5.41) is 4.23. The number of hydrogen-bond acceptors (Lipinski definition) is 4. The predicted octanol–water partition coefficient (Wildman–Crippen LogP) is 13.2. The molecule has 0 N–H and O–H groups in total. The Morgan fingerprint density at radius 1 is 0.411 bits per heavy atom. The fraction of sp³-hybridized carbons (Fsp3) is 0. The van der Waals surface area contributed by atoms with Crippen LogP contribution in [0.1, 0.15) is 6.85 Å². The van der Waals surface area contributed by atoms with Gasteiger partial charge in [-0.1, -0.05) is 133 Å². The van der Waals surface area contributed by atoms with Gasteiger partial charge in [0.2, 0.25) is 0 Å². The number of nitrogens with zero attached hydrogens (tertiary/aromatic N) is 4. The molecule has 0 bridgehead atoms. The zero-order chi connectivity index (χ0) is 41.4. The Morgan fingerprint density at radius 2 is 1.04 bits per heavy atom. The van der Waals surface area contributed by atoms with Gasteiger partial charge in [-0.25, -0.2) is 15.0 Å². The molecule has 0 unspecified atom stereocenters. The van der Waals surface area contributed by atoms with Crippen molar-refractivity contribution >= 4 is 43.7 Å². The Morgan fingerprint density at radius 3 is 1.86 bits per heavy atom. The van der Waals surface area contributed by atoms with Crippen LogP contribution in [0.15, 0.2) is 198 Å². The summed E-state index contributed by atoms with van der Waals surface area (Å²) in [4.78, 5) is 14.9. The Labute approximate surface area is 329 Å². The Hall–Kier alpha value is -7.63. The molecule has 3 aromatic heterocycles. The van der Waals surface area contributed by atoms with Crippen LogP contribution in [0.25, 0.3) is 106 Å². The Kier molecular flexibility index (Phi) is 6.29. The summed E-state index contributed by atoms with van der Waals surface area (Å²) >= 11 is 0. The summed E-state index contributed by atoms with van der Waals surface area (Å²) in [7, 11) is 0. The molecule has 0 saturated heterocycles. The van der Waals surface area contributed by atoms with Crippen LogP contribution in [0.3, 0.4) is 0 Å². The fourth-order valence-electron chi connectivity index (χ4n) is 7.76. The van der Waals surface area contributed by atoms with Gasteiger partial charge in [0, 0.05) is 43.9 Å². The van der Waals surface area contributed by atoms with Gasteiger partial charge in [0.15, 0.2) is 17.5 Å². The number of hydrogen-bond donors (Lipinski definition) is 0. The van der Waals surface area contributed by atoms with E-state index in [4.69, 9.17) is 26.2 Å². The van der Waals surface area contributed by atoms with Gasteiger partial charge in [0.25, 0.3) is 0 Å². The molecule has 0 aliphatic carbocycles. The SMILES string of the molecule is [2H]c1c([2H])c([2H])c(-c2cccc(-c3nc(-c4ccccc4)nc(-c4ccc5oc6cccc(-c7ccc8c(c7)c7ccccc7n8-c7ccccc7)c6c5c4)n3)c2)c([2H])c1[2H]. The van der Waals surface area contributed by atoms with Gasteiger partial charge in [0.05, 0.1) is 17.9 Å². The van der Waals surface area contributed by atoms with Crippen LogP contribution in [-0.4, -0.2) is 19.5 Å². The summed E-state index contributed by atoms with van der Waals surface area (Å²) in [6.07, 6.45) is 0. The van der Waals surface area contributed by atoms with Gasteiger partial charge >= 0.3 is 0 Å². The molecule has 0 radical (unpaired) electrons. The van der Waals surface area contributed by atoms with Crippen molar-refractivity contribution in [3.8, 4) is 62.1 Å². The second-order valence-corrected chi connectivity index (χ2v) is 13.7. The van der Waals surface area contributed by atoms with Crippen LogP contribution in [0.5, 0.6) is 0 Å². The second-order valence-electron chi connectivity index (χ2n) is 13.7. The van der Waals surface area contributed by atoms with Crippen molar-refractivity contribution in [2.45, 2.75) is 0 Å². The number of benzene rings is 8. The third kappa shape index (κ3) is 5.37. The molecule has 0 atom stereocenters. The topological polar surface area (TPSA) is 56.7 Å². The summed E-state index contributed by atoms with van der Waals surface area (Å²) in [5.41, 5.74) is 9.71. The van der Waals surface area contributed by atoms with E-state index >= 15 is 0 Å². The normalized spacial score (nSPS) is 12.8. The molecule has 11 aromatic rings. The molecule has 0 saturated carbocycles. The van der Waals surface area contributed by atoms with E-state index in [1.165, 1.54) is 5.39 Å². The largest absolute Gasteiger partial charge is 0.456 e. The number of furan rings is 1. The molecule has 0 aliphatic rings. The molecule has 56 heavy (non-hydrogen) atoms. The van der Waals surface area contributed by atoms with E-state index < -0.39 is 18.1 Å². The summed E-state index contributed by atoms with van der Waals surface area (Å²) in [6.45, 7) is 0. The van der Waals surface area contributed by atoms with Crippen molar-refractivity contribution in [2.24, 2.45) is 0 Å². The van der Waals surface area contributed by atoms with Crippen molar-refractivity contribution < 1.29 is 11.3 Å². The zero-order valence-corrected chi connectivity index (χ0v) is 29.8. The molecular formula is C51H32N4O. The Bertz CT molecular complexity index is 3520. The zero-order valence-electron chi connectivity index (χ0n) is 34.8. The minimum absolute atomic E-state index is 0.111. The monoisotopic (exact) mass is 721 g/mol. The second kappa shape index (κ2) is 13.0. The first-order valence-electron chi connectivity index (χ1n) is 20.9. The first-order chi connectivity index (χ1) is 29.8. The maximum Gasteiger partial charge on any atom is 0.164 e. The molecule has 3 heterocycles. The van der Waals surface area contributed by atoms with Crippen molar-refractivity contribution in [2.75, 3.05) is 0 Å². The third-order valence-corrected chi connectivity index (χ3v) is 10.3. The lowest BCUT2D eigenvalue weighted by Gasteiger charge is -2.10. The van der Waals surface area contributed by atoms with E-state index in [9.17, 15) is 0 Å². The van der Waals surface area contributed by atoms with Gasteiger partial charge in [-0.15, -0.1) is 0 Å². The van der Waals surface area contributed by atoms with Crippen LogP contribution < -0.4 is 0 Å². The van der Waals surface area contributed by atoms with E-state index in [1.54, 1.807) is 18.2 Å². The number of para-hydroxylation sites is 2. The van der Waals surface area contributed by atoms with Crippen LogP contribution in [0.4, 0.5) is 0 Å². The Balaban J connectivity index is 1.07. The molecule has 8 aromatic carbocycles. The van der Waals surface area contributed by atoms with E-state index in [0.29, 0.717) is 28.6 Å². The van der Waals surface area contributed by atoms with Gasteiger partial charge in [0.1, 0.15) is 11.2 Å². The van der Waals surface area contributed by atoms with Gasteiger partial charge in [-0.3, -0.25) is 0 Å². The quantitative estimate of drug-likeness (QED) is 0.172. The van der Waals surface area contributed by atoms with Gasteiger partial charge in [-0.05, 0) is 82.9 Å². The summed E-state index contributed by atoms with van der Waals surface area (Å²) in [5.74, 6) is 1.29. The average molecular weight is 722 g/mol. The lowest BCUT2D eigenvalue weighted by Crippen LogP contribution is -2.00. The number of rotatable bonds is 6. The highest BCUT2D eigenvalue weighted by molar-refractivity contribution is 6.15. The van der Waals surface area contributed by atoms with E-state index in [1.807, 2.05) is 66.7 Å². The van der Waals surface area contributed by atoms with Gasteiger partial charge in [-0.2, -0.15) is 0 Å². The third-order valence-electron chi connectivity index (χ3n) is 10.3. The molecule has 0 fully saturated rings. The maximum absolute atomic E-state index is 8.60. The van der Waals surface area contributed by atoms with Crippen LogP contribution >= 0.6 is 0 Å². The number of aromatic nitrogens is 4. The van der Waals surface area contributed by atoms with E-state index in [0.717, 1.165) is 66.3 Å². The molecule has 262 valence electrons. The van der Waals surface area contributed by atoms with Crippen molar-refractivity contribution in [1.29, 1.82) is 0 Å². The van der Waals surface area contributed by atoms with Crippen LogP contribution in [0.2, 0.25) is 0 Å². The highest BCUT2D eigenvalue weighted by Crippen LogP contribution is 2.41. The van der Waals surface area contributed by atoms with Crippen LogP contribution in [-0.2, 0) is 0 Å². The maximum atomic E-state index is 8.60. The highest BCUT2D eigenvalue weighted by atomic mass is 16.3. The first kappa shape index (κ1) is 27.0. The van der Waals surface area contributed by atoms with Gasteiger partial charge < -0.3 is 8.98 Å². The molecule has 5 heteroatoms. The molecular weight excluding hydrogens is 685 g/mol. The van der Waals surface area contributed by atoms with Crippen LogP contribution in [0, 0.1) is 0 Å². The fourth-order valence-corrected chi connectivity index (χ4v) is 7.76. The van der Waals surface area contributed by atoms with Crippen molar-refractivity contribution in [3.05, 3.63) is 194 Å². The number of fused-ring (bicyclic) bond motifs is 6. The predicted molar refractivity (Wildman–Crippen MR) is 229 cm³/mol. The molecule has 0 aliphatic heterocycles. The molecule has 11 rings (SSSR count). The smallest absolute Gasteiger partial charge is 0.164 e.